The summed E-state index contributed by atoms with van der Waals surface area (Å²) >= 11 is 1.55. The Labute approximate surface area is 102 Å². The lowest BCUT2D eigenvalue weighted by atomic mass is 10.2. The molecular weight excluding hydrogens is 242 g/mol. The summed E-state index contributed by atoms with van der Waals surface area (Å²) in [5.74, 6) is -0.796. The van der Waals surface area contributed by atoms with E-state index in [1.165, 1.54) is 6.07 Å². The summed E-state index contributed by atoms with van der Waals surface area (Å²) in [5.41, 5.74) is 3.15. The molecule has 0 fully saturated rings. The topological polar surface area (TPSA) is 24.9 Å². The molecule has 0 unspecified atom stereocenters. The van der Waals surface area contributed by atoms with Gasteiger partial charge in [-0.1, -0.05) is 0 Å². The Bertz CT molecular complexity index is 471. The zero-order valence-electron chi connectivity index (χ0n) is 9.12. The Balaban J connectivity index is 1.80. The van der Waals surface area contributed by atoms with E-state index < -0.39 is 5.82 Å². The molecule has 0 aliphatic heterocycles. The quantitative estimate of drug-likeness (QED) is 0.830. The van der Waals surface area contributed by atoms with E-state index in [-0.39, 0.29) is 5.82 Å². The fraction of sp³-hybridized carbons (Fsp3) is 0.250. The smallest absolute Gasteiger partial charge is 0.127 e. The van der Waals surface area contributed by atoms with Crippen molar-refractivity contribution in [2.45, 2.75) is 13.0 Å². The number of nitrogens with zero attached hydrogens (tertiary/aromatic N) is 1. The highest BCUT2D eigenvalue weighted by Gasteiger charge is 2.03. The molecule has 90 valence electrons. The number of thiazole rings is 1. The Morgan fingerprint density at radius 2 is 2.18 bits per heavy atom. The molecule has 0 saturated carbocycles. The number of hydrogen-bond donors (Lipinski definition) is 1. The van der Waals surface area contributed by atoms with Crippen LogP contribution in [0.5, 0.6) is 0 Å². The van der Waals surface area contributed by atoms with Crippen molar-refractivity contribution in [1.82, 2.24) is 10.3 Å². The molecule has 0 saturated heterocycles. The van der Waals surface area contributed by atoms with Gasteiger partial charge in [-0.25, -0.2) is 13.8 Å². The summed E-state index contributed by atoms with van der Waals surface area (Å²) in [4.78, 5) is 4.14. The monoisotopic (exact) mass is 254 g/mol. The van der Waals surface area contributed by atoms with Gasteiger partial charge < -0.3 is 5.32 Å². The number of aromatic nitrogens is 1. The molecule has 0 bridgehead atoms. The van der Waals surface area contributed by atoms with Crippen LogP contribution in [-0.4, -0.2) is 11.5 Å². The van der Waals surface area contributed by atoms with Gasteiger partial charge in [0.25, 0.3) is 0 Å². The first kappa shape index (κ1) is 12.1. The van der Waals surface area contributed by atoms with Crippen LogP contribution in [0, 0.1) is 11.6 Å². The predicted molar refractivity (Wildman–Crippen MR) is 63.9 cm³/mol. The molecular formula is C12H12F2N2S. The van der Waals surface area contributed by atoms with Gasteiger partial charge in [-0.2, -0.15) is 0 Å². The molecule has 0 radical (unpaired) electrons. The number of rotatable bonds is 5. The van der Waals surface area contributed by atoms with Crippen molar-refractivity contribution in [1.29, 1.82) is 0 Å². The second-order valence-corrected chi connectivity index (χ2v) is 4.36. The van der Waals surface area contributed by atoms with Crippen LogP contribution in [0.3, 0.4) is 0 Å². The minimum atomic E-state index is -0.414. The number of nitrogens with one attached hydrogen (secondary N) is 1. The van der Waals surface area contributed by atoms with Crippen LogP contribution in [0.25, 0.3) is 0 Å². The largest absolute Gasteiger partial charge is 0.312 e. The molecule has 0 atom stereocenters. The molecule has 1 N–H and O–H groups in total. The summed E-state index contributed by atoms with van der Waals surface area (Å²) in [6.07, 6.45) is 0.792. The van der Waals surface area contributed by atoms with Crippen molar-refractivity contribution < 1.29 is 8.78 Å². The van der Waals surface area contributed by atoms with Crippen LogP contribution in [-0.2, 0) is 13.0 Å². The maximum atomic E-state index is 13.3. The van der Waals surface area contributed by atoms with E-state index in [9.17, 15) is 8.78 Å². The zero-order chi connectivity index (χ0) is 12.1. The second kappa shape index (κ2) is 5.84. The average molecular weight is 254 g/mol. The van der Waals surface area contributed by atoms with E-state index in [4.69, 9.17) is 0 Å². The third-order valence-electron chi connectivity index (χ3n) is 2.36. The van der Waals surface area contributed by atoms with Crippen LogP contribution < -0.4 is 5.32 Å². The van der Waals surface area contributed by atoms with Gasteiger partial charge in [-0.05, 0) is 18.2 Å². The number of benzene rings is 1. The molecule has 0 aliphatic rings. The van der Waals surface area contributed by atoms with Gasteiger partial charge in [0.05, 0.1) is 11.2 Å². The van der Waals surface area contributed by atoms with Crippen molar-refractivity contribution >= 4 is 11.3 Å². The van der Waals surface area contributed by atoms with Crippen molar-refractivity contribution in [3.05, 3.63) is 52.0 Å². The summed E-state index contributed by atoms with van der Waals surface area (Å²) in [7, 11) is 0. The van der Waals surface area contributed by atoms with Gasteiger partial charge in [0.1, 0.15) is 11.6 Å². The van der Waals surface area contributed by atoms with Gasteiger partial charge in [0, 0.05) is 30.5 Å². The number of hydrogen-bond acceptors (Lipinski definition) is 3. The van der Waals surface area contributed by atoms with Gasteiger partial charge in [0.2, 0.25) is 0 Å². The minimum absolute atomic E-state index is 0.327. The third kappa shape index (κ3) is 3.57. The van der Waals surface area contributed by atoms with Crippen LogP contribution >= 0.6 is 11.3 Å². The first-order chi connectivity index (χ1) is 8.25. The van der Waals surface area contributed by atoms with E-state index >= 15 is 0 Å². The van der Waals surface area contributed by atoms with Crippen LogP contribution in [0.15, 0.2) is 29.1 Å². The first-order valence-corrected chi connectivity index (χ1v) is 6.21. The van der Waals surface area contributed by atoms with Gasteiger partial charge in [-0.15, -0.1) is 11.3 Å². The lowest BCUT2D eigenvalue weighted by Crippen LogP contribution is -2.17. The highest BCUT2D eigenvalue weighted by Crippen LogP contribution is 2.09. The van der Waals surface area contributed by atoms with Crippen molar-refractivity contribution in [3.8, 4) is 0 Å². The van der Waals surface area contributed by atoms with Crippen LogP contribution in [0.1, 0.15) is 11.3 Å². The molecule has 2 rings (SSSR count). The number of halogens is 2. The molecule has 0 spiro atoms. The molecule has 5 heteroatoms. The highest BCUT2D eigenvalue weighted by molar-refractivity contribution is 7.07. The van der Waals surface area contributed by atoms with E-state index in [0.717, 1.165) is 24.2 Å². The van der Waals surface area contributed by atoms with Gasteiger partial charge >= 0.3 is 0 Å². The summed E-state index contributed by atoms with van der Waals surface area (Å²) in [6.45, 7) is 1.02. The minimum Gasteiger partial charge on any atom is -0.312 e. The predicted octanol–water partition coefficient (Wildman–Crippen LogP) is 2.75. The van der Waals surface area contributed by atoms with Gasteiger partial charge in [-0.3, -0.25) is 0 Å². The Morgan fingerprint density at radius 1 is 1.29 bits per heavy atom. The fourth-order valence-corrected chi connectivity index (χ4v) is 2.07. The van der Waals surface area contributed by atoms with Gasteiger partial charge in [0.15, 0.2) is 0 Å². The fourth-order valence-electron chi connectivity index (χ4n) is 1.48. The first-order valence-electron chi connectivity index (χ1n) is 5.27. The standard InChI is InChI=1S/C12H12F2N2S/c13-10-1-2-12(14)9(5-10)6-15-4-3-11-7-17-8-16-11/h1-2,5,7-8,15H,3-4,6H2. The lowest BCUT2D eigenvalue weighted by molar-refractivity contribution is 0.568. The van der Waals surface area contributed by atoms with E-state index in [1.807, 2.05) is 5.38 Å². The molecule has 1 heterocycles. The maximum absolute atomic E-state index is 13.3. The van der Waals surface area contributed by atoms with Crippen molar-refractivity contribution in [2.24, 2.45) is 0 Å². The molecule has 17 heavy (non-hydrogen) atoms. The van der Waals surface area contributed by atoms with Crippen LogP contribution in [0.2, 0.25) is 0 Å². The molecule has 0 aliphatic carbocycles. The third-order valence-corrected chi connectivity index (χ3v) is 3.00. The Hall–Kier alpha value is -1.33. The molecule has 1 aromatic carbocycles. The Kier molecular flexibility index (Phi) is 4.17. The highest BCUT2D eigenvalue weighted by atomic mass is 32.1. The average Bonchev–Trinajstić information content (AvgIpc) is 2.82. The zero-order valence-corrected chi connectivity index (χ0v) is 9.94. The molecule has 0 amide bonds. The van der Waals surface area contributed by atoms with E-state index in [2.05, 4.69) is 10.3 Å². The second-order valence-electron chi connectivity index (χ2n) is 3.64. The summed E-state index contributed by atoms with van der Waals surface area (Å²) in [5, 5.41) is 5.04. The Morgan fingerprint density at radius 3 is 2.94 bits per heavy atom. The molecule has 2 aromatic rings. The van der Waals surface area contributed by atoms with E-state index in [0.29, 0.717) is 18.7 Å². The maximum Gasteiger partial charge on any atom is 0.127 e. The van der Waals surface area contributed by atoms with Crippen molar-refractivity contribution in [2.75, 3.05) is 6.54 Å². The van der Waals surface area contributed by atoms with E-state index in [1.54, 1.807) is 16.8 Å². The lowest BCUT2D eigenvalue weighted by Gasteiger charge is -2.05. The van der Waals surface area contributed by atoms with Crippen LogP contribution in [0.4, 0.5) is 8.78 Å². The summed E-state index contributed by atoms with van der Waals surface area (Å²) in [6, 6.07) is 3.48. The molecule has 1 aromatic heterocycles. The summed E-state index contributed by atoms with van der Waals surface area (Å²) < 4.78 is 26.1. The normalized spacial score (nSPS) is 10.7. The van der Waals surface area contributed by atoms with Crippen molar-refractivity contribution in [3.63, 3.8) is 0 Å². The SMILES string of the molecule is Fc1ccc(F)c(CNCCc2cscn2)c1. The molecule has 2 nitrogen and oxygen atoms in total.